The Balaban J connectivity index is 2.18. The smallest absolute Gasteiger partial charge is 0.247 e. The maximum absolute atomic E-state index is 11.4. The van der Waals surface area contributed by atoms with E-state index in [4.69, 9.17) is 11.0 Å². The van der Waals surface area contributed by atoms with Crippen molar-refractivity contribution < 1.29 is 8.42 Å². The van der Waals surface area contributed by atoms with E-state index in [1.165, 1.54) is 11.3 Å². The van der Waals surface area contributed by atoms with Crippen molar-refractivity contribution in [1.29, 1.82) is 5.26 Å². The number of benzene rings is 1. The van der Waals surface area contributed by atoms with E-state index >= 15 is 0 Å². The lowest BCUT2D eigenvalue weighted by atomic mass is 10.1. The Hall–Kier alpha value is -1.95. The van der Waals surface area contributed by atoms with Crippen LogP contribution >= 0.6 is 11.3 Å². The highest BCUT2D eigenvalue weighted by molar-refractivity contribution is 7.93. The lowest BCUT2D eigenvalue weighted by Crippen LogP contribution is -2.15. The van der Waals surface area contributed by atoms with Gasteiger partial charge in [0.25, 0.3) is 0 Å². The summed E-state index contributed by atoms with van der Waals surface area (Å²) in [6.45, 7) is 0.469. The van der Waals surface area contributed by atoms with Crippen LogP contribution in [0.1, 0.15) is 5.56 Å². The summed E-state index contributed by atoms with van der Waals surface area (Å²) in [4.78, 5) is 4.19. The van der Waals surface area contributed by atoms with Crippen molar-refractivity contribution in [1.82, 2.24) is 4.98 Å². The molecule has 0 aliphatic heterocycles. The van der Waals surface area contributed by atoms with Crippen molar-refractivity contribution in [2.45, 2.75) is 6.54 Å². The molecule has 6 nitrogen and oxygen atoms in total. The number of rotatable bonds is 5. The molecular formula is C12H12N4O2S2. The van der Waals surface area contributed by atoms with Crippen LogP contribution in [0.5, 0.6) is 0 Å². The molecule has 0 amide bonds. The molecule has 1 aromatic heterocycles. The summed E-state index contributed by atoms with van der Waals surface area (Å²) >= 11 is 1.17. The monoisotopic (exact) mass is 308 g/mol. The number of hydrogen-bond acceptors (Lipinski definition) is 6. The minimum absolute atomic E-state index is 0.248. The first-order valence-corrected chi connectivity index (χ1v) is 8.19. The SMILES string of the molecule is N#CCS(=O)(=O)Nc1nc(-c2ccc(CN)cc2)cs1. The van der Waals surface area contributed by atoms with Crippen LogP contribution in [0.3, 0.4) is 0 Å². The summed E-state index contributed by atoms with van der Waals surface area (Å²) in [6.07, 6.45) is 0. The van der Waals surface area contributed by atoms with Gasteiger partial charge in [-0.15, -0.1) is 11.3 Å². The van der Waals surface area contributed by atoms with Gasteiger partial charge in [-0.25, -0.2) is 13.4 Å². The molecule has 0 bridgehead atoms. The fraction of sp³-hybridized carbons (Fsp3) is 0.167. The van der Waals surface area contributed by atoms with Crippen molar-refractivity contribution in [3.63, 3.8) is 0 Å². The molecular weight excluding hydrogens is 296 g/mol. The Morgan fingerprint density at radius 1 is 1.35 bits per heavy atom. The van der Waals surface area contributed by atoms with Gasteiger partial charge in [-0.2, -0.15) is 5.26 Å². The normalized spacial score (nSPS) is 11.0. The van der Waals surface area contributed by atoms with Crippen LogP contribution in [0.15, 0.2) is 29.6 Å². The van der Waals surface area contributed by atoms with E-state index in [9.17, 15) is 8.42 Å². The van der Waals surface area contributed by atoms with Crippen LogP contribution in [0, 0.1) is 11.3 Å². The molecule has 0 saturated heterocycles. The quantitative estimate of drug-likeness (QED) is 0.870. The number of aromatic nitrogens is 1. The highest BCUT2D eigenvalue weighted by atomic mass is 32.2. The topological polar surface area (TPSA) is 109 Å². The summed E-state index contributed by atoms with van der Waals surface area (Å²) < 4.78 is 25.2. The summed E-state index contributed by atoms with van der Waals surface area (Å²) in [6, 6.07) is 9.15. The van der Waals surface area contributed by atoms with Crippen molar-refractivity contribution in [3.05, 3.63) is 35.2 Å². The molecule has 0 radical (unpaired) electrons. The lowest BCUT2D eigenvalue weighted by molar-refractivity contribution is 0.604. The van der Waals surface area contributed by atoms with Crippen LogP contribution in [0.4, 0.5) is 5.13 Å². The van der Waals surface area contributed by atoms with E-state index in [0.29, 0.717) is 12.2 Å². The fourth-order valence-corrected chi connectivity index (χ4v) is 3.21. The number of nitrogens with zero attached hydrogens (tertiary/aromatic N) is 2. The molecule has 20 heavy (non-hydrogen) atoms. The van der Waals surface area contributed by atoms with Crippen LogP contribution in [-0.2, 0) is 16.6 Å². The molecule has 0 spiro atoms. The Labute approximate surface area is 120 Å². The number of nitrogens with one attached hydrogen (secondary N) is 1. The third-order valence-corrected chi connectivity index (χ3v) is 4.39. The molecule has 0 aliphatic rings. The zero-order valence-corrected chi connectivity index (χ0v) is 12.0. The van der Waals surface area contributed by atoms with Crippen molar-refractivity contribution in [3.8, 4) is 17.3 Å². The predicted molar refractivity (Wildman–Crippen MR) is 78.5 cm³/mol. The van der Waals surface area contributed by atoms with Crippen LogP contribution < -0.4 is 10.5 Å². The summed E-state index contributed by atoms with van der Waals surface area (Å²) in [7, 11) is -3.64. The third-order valence-electron chi connectivity index (χ3n) is 2.49. The number of thiazole rings is 1. The van der Waals surface area contributed by atoms with Gasteiger partial charge in [0.2, 0.25) is 10.0 Å². The lowest BCUT2D eigenvalue weighted by Gasteiger charge is -2.00. The third kappa shape index (κ3) is 3.54. The zero-order chi connectivity index (χ0) is 14.6. The molecule has 1 heterocycles. The molecule has 2 aromatic rings. The average Bonchev–Trinajstić information content (AvgIpc) is 2.86. The van der Waals surface area contributed by atoms with Crippen LogP contribution in [-0.4, -0.2) is 19.2 Å². The fourth-order valence-electron chi connectivity index (χ4n) is 1.52. The first-order valence-electron chi connectivity index (χ1n) is 5.66. The van der Waals surface area contributed by atoms with E-state index in [1.54, 1.807) is 11.4 Å². The van der Waals surface area contributed by atoms with E-state index < -0.39 is 15.8 Å². The van der Waals surface area contributed by atoms with Gasteiger partial charge in [0.05, 0.1) is 11.8 Å². The highest BCUT2D eigenvalue weighted by Crippen LogP contribution is 2.25. The minimum atomic E-state index is -3.64. The molecule has 0 aliphatic carbocycles. The first-order chi connectivity index (χ1) is 9.54. The average molecular weight is 308 g/mol. The van der Waals surface area contributed by atoms with Gasteiger partial charge in [0, 0.05) is 17.5 Å². The predicted octanol–water partition coefficient (Wildman–Crippen LogP) is 1.53. The minimum Gasteiger partial charge on any atom is -0.326 e. The van der Waals surface area contributed by atoms with E-state index in [0.717, 1.165) is 11.1 Å². The van der Waals surface area contributed by atoms with Crippen molar-refractivity contribution in [2.75, 3.05) is 10.5 Å². The van der Waals surface area contributed by atoms with Gasteiger partial charge >= 0.3 is 0 Å². The maximum Gasteiger partial charge on any atom is 0.247 e. The number of anilines is 1. The molecule has 0 atom stereocenters. The summed E-state index contributed by atoms with van der Waals surface area (Å²) in [5, 5.41) is 10.4. The second kappa shape index (κ2) is 6.00. The molecule has 8 heteroatoms. The summed E-state index contributed by atoms with van der Waals surface area (Å²) in [5.74, 6) is -0.590. The zero-order valence-electron chi connectivity index (χ0n) is 10.4. The Morgan fingerprint density at radius 2 is 2.05 bits per heavy atom. The van der Waals surface area contributed by atoms with E-state index in [1.807, 2.05) is 24.3 Å². The molecule has 0 saturated carbocycles. The van der Waals surface area contributed by atoms with E-state index in [2.05, 4.69) is 9.71 Å². The van der Waals surface area contributed by atoms with Gasteiger partial charge in [0.15, 0.2) is 10.9 Å². The summed E-state index contributed by atoms with van der Waals surface area (Å²) in [5.41, 5.74) is 8.09. The largest absolute Gasteiger partial charge is 0.326 e. The molecule has 2 rings (SSSR count). The second-order valence-electron chi connectivity index (χ2n) is 3.96. The van der Waals surface area contributed by atoms with Gasteiger partial charge in [-0.05, 0) is 5.56 Å². The van der Waals surface area contributed by atoms with Gasteiger partial charge in [-0.3, -0.25) is 4.72 Å². The Morgan fingerprint density at radius 3 is 2.65 bits per heavy atom. The van der Waals surface area contributed by atoms with Crippen LogP contribution in [0.2, 0.25) is 0 Å². The molecule has 0 fully saturated rings. The number of nitrogens with two attached hydrogens (primary N) is 1. The standard InChI is InChI=1S/C12H12N4O2S2/c13-5-6-20(17,18)16-12-15-11(8-19-12)10-3-1-9(7-14)2-4-10/h1-4,8H,6-7,14H2,(H,15,16). The number of sulfonamides is 1. The number of hydrogen-bond donors (Lipinski definition) is 2. The number of nitriles is 1. The molecule has 1 aromatic carbocycles. The van der Waals surface area contributed by atoms with Gasteiger partial charge in [-0.1, -0.05) is 24.3 Å². The molecule has 3 N–H and O–H groups in total. The van der Waals surface area contributed by atoms with Crippen LogP contribution in [0.25, 0.3) is 11.3 Å². The second-order valence-corrected chi connectivity index (χ2v) is 6.54. The van der Waals surface area contributed by atoms with Gasteiger partial charge in [0.1, 0.15) is 0 Å². The van der Waals surface area contributed by atoms with Crippen molar-refractivity contribution >= 4 is 26.5 Å². The van der Waals surface area contributed by atoms with E-state index in [-0.39, 0.29) is 5.13 Å². The first kappa shape index (κ1) is 14.5. The highest BCUT2D eigenvalue weighted by Gasteiger charge is 2.12. The van der Waals surface area contributed by atoms with Crippen molar-refractivity contribution in [2.24, 2.45) is 5.73 Å². The van der Waals surface area contributed by atoms with Gasteiger partial charge < -0.3 is 5.73 Å². The Kier molecular flexibility index (Phi) is 4.34. The molecule has 0 unspecified atom stereocenters. The maximum atomic E-state index is 11.4. The Bertz CT molecular complexity index is 730. The molecule has 104 valence electrons.